The van der Waals surface area contributed by atoms with Crippen LogP contribution in [-0.4, -0.2) is 24.3 Å². The summed E-state index contributed by atoms with van der Waals surface area (Å²) in [6.07, 6.45) is 4.90. The van der Waals surface area contributed by atoms with Crippen molar-refractivity contribution in [3.8, 4) is 0 Å². The molecule has 264 valence electrons. The zero-order valence-electron chi connectivity index (χ0n) is 30.2. The first-order valence-electron chi connectivity index (χ1n) is 17.0. The molecule has 52 heavy (non-hydrogen) atoms. The van der Waals surface area contributed by atoms with Gasteiger partial charge >= 0.3 is 13.4 Å². The summed E-state index contributed by atoms with van der Waals surface area (Å²) in [5.74, 6) is -2.04. The normalized spacial score (nSPS) is 12.1. The molecule has 0 unspecified atom stereocenters. The van der Waals surface area contributed by atoms with Gasteiger partial charge in [0.1, 0.15) is 5.76 Å². The van der Waals surface area contributed by atoms with Crippen molar-refractivity contribution in [3.63, 3.8) is 0 Å². The van der Waals surface area contributed by atoms with E-state index in [1.54, 1.807) is 24.3 Å². The van der Waals surface area contributed by atoms with E-state index in [9.17, 15) is 18.2 Å². The monoisotopic (exact) mass is 697 g/mol. The highest BCUT2D eigenvalue weighted by molar-refractivity contribution is 6.36. The lowest BCUT2D eigenvalue weighted by atomic mass is 9.86. The van der Waals surface area contributed by atoms with Crippen molar-refractivity contribution < 1.29 is 28.0 Å². The second kappa shape index (κ2) is 15.6. The summed E-state index contributed by atoms with van der Waals surface area (Å²) in [6, 6.07) is 37.7. The second-order valence-corrected chi connectivity index (χ2v) is 14.6. The van der Waals surface area contributed by atoms with Gasteiger partial charge < -0.3 is 14.7 Å². The molecule has 0 radical (unpaired) electrons. The predicted octanol–water partition coefficient (Wildman–Crippen LogP) is 11.8. The lowest BCUT2D eigenvalue weighted by molar-refractivity contribution is 0.0696. The largest absolute Gasteiger partial charge is 0.796 e. The van der Waals surface area contributed by atoms with E-state index in [-0.39, 0.29) is 33.3 Å². The molecule has 0 aliphatic heterocycles. The van der Waals surface area contributed by atoms with Gasteiger partial charge in [-0.1, -0.05) is 126 Å². The van der Waals surface area contributed by atoms with Gasteiger partial charge in [0.05, 0.1) is 5.56 Å². The number of halogens is 2. The number of carbonyl (C=O) groups excluding carboxylic acids is 1. The highest BCUT2D eigenvalue weighted by Crippen LogP contribution is 2.37. The molecule has 0 aliphatic carbocycles. The second-order valence-electron chi connectivity index (χ2n) is 14.6. The summed E-state index contributed by atoms with van der Waals surface area (Å²) >= 11 is 0. The van der Waals surface area contributed by atoms with Gasteiger partial charge in [-0.15, -0.1) is 0 Å². The number of aromatic carboxylic acids is 1. The first kappa shape index (κ1) is 37.5. The third-order valence-corrected chi connectivity index (χ3v) is 8.69. The van der Waals surface area contributed by atoms with Crippen LogP contribution in [0.3, 0.4) is 0 Å². The molecule has 0 saturated heterocycles. The molecule has 8 heteroatoms. The van der Waals surface area contributed by atoms with Gasteiger partial charge in [0, 0.05) is 34.3 Å². The number of carbonyl (C=O) groups is 2. The fraction of sp³-hybridized carbons (Fsp3) is 0.182. The quantitative estimate of drug-likeness (QED) is 0.0489. The van der Waals surface area contributed by atoms with Crippen LogP contribution in [0.5, 0.6) is 0 Å². The van der Waals surface area contributed by atoms with Crippen LogP contribution in [0.15, 0.2) is 127 Å². The van der Waals surface area contributed by atoms with Gasteiger partial charge in [-0.2, -0.15) is 0 Å². The number of anilines is 3. The number of benzene rings is 5. The molecule has 5 aromatic carbocycles. The number of carboxylic acid groups (broad SMARTS) is 1. The minimum Gasteiger partial charge on any atom is -0.505 e. The topological polar surface area (TPSA) is 66.8 Å². The third kappa shape index (κ3) is 9.52. The van der Waals surface area contributed by atoms with E-state index in [0.717, 1.165) is 34.3 Å². The van der Waals surface area contributed by atoms with E-state index in [1.165, 1.54) is 35.4 Å². The van der Waals surface area contributed by atoms with Gasteiger partial charge in [-0.05, 0) is 81.6 Å². The molecular formula is C44H42BF2NO4. The molecule has 0 aromatic heterocycles. The van der Waals surface area contributed by atoms with Crippen LogP contribution < -0.4 is 4.90 Å². The summed E-state index contributed by atoms with van der Waals surface area (Å²) in [7, 11) is -3.16. The Hall–Kier alpha value is -5.76. The van der Waals surface area contributed by atoms with Crippen LogP contribution in [0.1, 0.15) is 90.1 Å². The highest BCUT2D eigenvalue weighted by atomic mass is 19.2. The maximum atomic E-state index is 13.1. The molecule has 0 fully saturated rings. The summed E-state index contributed by atoms with van der Waals surface area (Å²) in [5.41, 5.74) is 8.03. The zero-order chi connectivity index (χ0) is 37.6. The van der Waals surface area contributed by atoms with Crippen LogP contribution in [0.2, 0.25) is 0 Å². The smallest absolute Gasteiger partial charge is 0.505 e. The summed E-state index contributed by atoms with van der Waals surface area (Å²) < 4.78 is 30.9. The van der Waals surface area contributed by atoms with E-state index in [2.05, 4.69) is 124 Å². The van der Waals surface area contributed by atoms with Gasteiger partial charge in [-0.3, -0.25) is 4.79 Å². The van der Waals surface area contributed by atoms with Crippen molar-refractivity contribution in [1.82, 2.24) is 0 Å². The van der Waals surface area contributed by atoms with Crippen LogP contribution in [0.25, 0.3) is 17.9 Å². The van der Waals surface area contributed by atoms with E-state index in [1.807, 2.05) is 12.2 Å². The number of nitrogens with zero attached hydrogens (tertiary/aromatic N) is 1. The number of carboxylic acids is 1. The van der Waals surface area contributed by atoms with E-state index in [0.29, 0.717) is 0 Å². The minimum atomic E-state index is -3.16. The zero-order valence-corrected chi connectivity index (χ0v) is 30.2. The molecule has 5 aromatic rings. The summed E-state index contributed by atoms with van der Waals surface area (Å²) in [5, 5.41) is 9.11. The van der Waals surface area contributed by atoms with Crippen molar-refractivity contribution >= 4 is 54.2 Å². The Kier molecular flexibility index (Phi) is 11.3. The van der Waals surface area contributed by atoms with Crippen LogP contribution >= 0.6 is 0 Å². The van der Waals surface area contributed by atoms with Gasteiger partial charge in [0.25, 0.3) is 0 Å². The third-order valence-electron chi connectivity index (χ3n) is 8.69. The van der Waals surface area contributed by atoms with Gasteiger partial charge in [0.15, 0.2) is 5.78 Å². The molecule has 1 N–H and O–H groups in total. The van der Waals surface area contributed by atoms with Crippen molar-refractivity contribution in [2.45, 2.75) is 52.4 Å². The summed E-state index contributed by atoms with van der Waals surface area (Å²) in [6.45, 7) is 13.3. The number of allylic oxidation sites excluding steroid dienone is 1. The molecule has 0 spiro atoms. The van der Waals surface area contributed by atoms with E-state index >= 15 is 0 Å². The molecule has 0 bridgehead atoms. The summed E-state index contributed by atoms with van der Waals surface area (Å²) in [4.78, 5) is 26.4. The Balaban J connectivity index is 1.34. The molecule has 0 saturated carbocycles. The van der Waals surface area contributed by atoms with Crippen molar-refractivity contribution in [3.05, 3.63) is 166 Å². The van der Waals surface area contributed by atoms with Crippen LogP contribution in [0, 0.1) is 0 Å². The molecule has 0 amide bonds. The maximum Gasteiger partial charge on any atom is 0.796 e. The lowest BCUT2D eigenvalue weighted by Gasteiger charge is -2.28. The predicted molar refractivity (Wildman–Crippen MR) is 209 cm³/mol. The molecular weight excluding hydrogens is 655 g/mol. The maximum absolute atomic E-state index is 13.1. The Morgan fingerprint density at radius 1 is 0.577 bits per heavy atom. The number of rotatable bonds is 11. The number of hydrogen-bond acceptors (Lipinski definition) is 4. The molecule has 5 nitrogen and oxygen atoms in total. The fourth-order valence-corrected chi connectivity index (χ4v) is 5.61. The first-order valence-corrected chi connectivity index (χ1v) is 17.0. The highest BCUT2D eigenvalue weighted by Gasteiger charge is 2.22. The molecule has 0 aliphatic rings. The van der Waals surface area contributed by atoms with Crippen molar-refractivity contribution in [2.75, 3.05) is 4.90 Å². The van der Waals surface area contributed by atoms with E-state index < -0.39 is 19.2 Å². The number of hydrogen-bond donors (Lipinski definition) is 1. The molecule has 0 heterocycles. The van der Waals surface area contributed by atoms with Crippen LogP contribution in [0.4, 0.5) is 25.7 Å². The Bertz CT molecular complexity index is 2000. The van der Waals surface area contributed by atoms with Gasteiger partial charge in [0.2, 0.25) is 0 Å². The Morgan fingerprint density at radius 2 is 0.942 bits per heavy atom. The number of ketones is 1. The fourth-order valence-electron chi connectivity index (χ4n) is 5.61. The average molecular weight is 698 g/mol. The van der Waals surface area contributed by atoms with Gasteiger partial charge in [-0.25, -0.2) is 13.4 Å². The van der Waals surface area contributed by atoms with Crippen LogP contribution in [-0.2, 0) is 15.5 Å². The standard InChI is InChI=1S/C44H42BF2NO4/c1-43(2,3)35-19-25-38(26-20-35)48(39-27-21-36(22-28-39)44(4,5)6)37-23-11-31(12-24-37)8-7-30-9-13-32(14-10-30)40(49)29-41(52-45(46)47)33-15-17-34(18-16-33)42(50)51/h7-29H,1-6H3,(H,50,51)/b8-7+,41-29-. The SMILES string of the molecule is CC(C)(C)c1ccc(N(c2ccc(/C=C/c3ccc(C(=O)/C=C(\OB(F)F)c4ccc(C(=O)O)cc4)cc3)cc2)c2ccc(C(C)(C)C)cc2)cc1. The molecule has 0 atom stereocenters. The Labute approximate surface area is 305 Å². The first-order chi connectivity index (χ1) is 24.6. The van der Waals surface area contributed by atoms with Crippen molar-refractivity contribution in [2.24, 2.45) is 0 Å². The van der Waals surface area contributed by atoms with E-state index in [4.69, 9.17) is 5.11 Å². The van der Waals surface area contributed by atoms with Crippen molar-refractivity contribution in [1.29, 1.82) is 0 Å². The average Bonchev–Trinajstić information content (AvgIpc) is 3.11. The minimum absolute atomic E-state index is 0.0168. The Morgan fingerprint density at radius 3 is 1.33 bits per heavy atom. The molecule has 5 rings (SSSR count). The lowest BCUT2D eigenvalue weighted by Crippen LogP contribution is -2.14.